The topological polar surface area (TPSA) is 54.7 Å². The Morgan fingerprint density at radius 2 is 2.00 bits per heavy atom. The van der Waals surface area contributed by atoms with Gasteiger partial charge in [0, 0.05) is 0 Å². The summed E-state index contributed by atoms with van der Waals surface area (Å²) in [5, 5.41) is 0. The van der Waals surface area contributed by atoms with Crippen molar-refractivity contribution in [2.24, 2.45) is 0 Å². The number of nitrogen functional groups attached to an aromatic ring is 1. The van der Waals surface area contributed by atoms with E-state index in [1.54, 1.807) is 0 Å². The number of nitrogens with two attached hydrogens (primary N) is 1. The largest absolute Gasteiger partial charge is 0.369 e. The number of fused-ring (bicyclic) bond motifs is 1. The van der Waals surface area contributed by atoms with Crippen molar-refractivity contribution in [1.29, 1.82) is 0 Å². The van der Waals surface area contributed by atoms with Gasteiger partial charge in [0.2, 0.25) is 0 Å². The molecule has 3 nitrogen and oxygen atoms in total. The lowest BCUT2D eigenvalue weighted by Gasteiger charge is -1.81. The maximum absolute atomic E-state index is 5.42. The number of hydrogen-bond acceptors (Lipinski definition) is 2. The number of benzene rings is 1. The van der Waals surface area contributed by atoms with E-state index in [2.05, 4.69) is 9.97 Å². The molecule has 0 radical (unpaired) electrons. The summed E-state index contributed by atoms with van der Waals surface area (Å²) in [6.45, 7) is 0. The second kappa shape index (κ2) is 2.57. The van der Waals surface area contributed by atoms with Crippen LogP contribution in [0.3, 0.4) is 0 Å². The third-order valence-electron chi connectivity index (χ3n) is 1.41. The number of halogens is 1. The van der Waals surface area contributed by atoms with Crippen LogP contribution in [0.15, 0.2) is 24.3 Å². The number of aromatic amines is 1. The Morgan fingerprint density at radius 3 is 2.73 bits per heavy atom. The Morgan fingerprint density at radius 1 is 1.27 bits per heavy atom. The molecule has 0 aliphatic carbocycles. The first kappa shape index (κ1) is 7.53. The molecule has 1 aromatic heterocycles. The van der Waals surface area contributed by atoms with Gasteiger partial charge in [0.1, 0.15) is 0 Å². The van der Waals surface area contributed by atoms with Gasteiger partial charge in [-0.15, -0.1) is 0 Å². The fraction of sp³-hybridized carbons (Fsp3) is 0. The van der Waals surface area contributed by atoms with E-state index in [1.165, 1.54) is 0 Å². The molecular weight excluding hydrogens is 145 g/mol. The van der Waals surface area contributed by atoms with E-state index in [4.69, 9.17) is 5.73 Å². The van der Waals surface area contributed by atoms with Crippen molar-refractivity contribution in [2.75, 3.05) is 5.73 Å². The normalized spacial score (nSPS) is 9.45. The maximum Gasteiger partial charge on any atom is 0.198 e. The molecule has 4 heteroatoms. The van der Waals surface area contributed by atoms with Crippen molar-refractivity contribution in [1.82, 2.24) is 9.97 Å². The standard InChI is InChI=1S/C7H7N3.FH/c8-7-9-5-3-1-2-4-6(5)10-7;/h1-4H,(H3,8,9,10);1H. The number of aromatic nitrogens is 2. The van der Waals surface area contributed by atoms with Gasteiger partial charge in [-0.25, -0.2) is 4.98 Å². The second-order valence-corrected chi connectivity index (χ2v) is 2.14. The van der Waals surface area contributed by atoms with Crippen LogP contribution in [0.1, 0.15) is 0 Å². The Bertz CT molecular complexity index is 322. The van der Waals surface area contributed by atoms with E-state index < -0.39 is 0 Å². The van der Waals surface area contributed by atoms with Crippen LogP contribution in [0.25, 0.3) is 11.0 Å². The third kappa shape index (κ3) is 1.14. The highest BCUT2D eigenvalue weighted by Gasteiger charge is 1.94. The Hall–Kier alpha value is -1.58. The molecule has 2 aromatic rings. The molecule has 0 aliphatic heterocycles. The summed E-state index contributed by atoms with van der Waals surface area (Å²) < 4.78 is 0. The molecule has 0 saturated heterocycles. The van der Waals surface area contributed by atoms with Crippen molar-refractivity contribution in [2.45, 2.75) is 0 Å². The summed E-state index contributed by atoms with van der Waals surface area (Å²) in [6.07, 6.45) is 0. The lowest BCUT2D eigenvalue weighted by atomic mass is 10.3. The van der Waals surface area contributed by atoms with Gasteiger partial charge in [-0.05, 0) is 12.1 Å². The number of imidazole rings is 1. The monoisotopic (exact) mass is 153 g/mol. The molecule has 3 N–H and O–H groups in total. The van der Waals surface area contributed by atoms with Crippen LogP contribution in [0, 0.1) is 0 Å². The number of H-pyrrole nitrogens is 1. The van der Waals surface area contributed by atoms with Gasteiger partial charge in [0.25, 0.3) is 0 Å². The highest BCUT2D eigenvalue weighted by Crippen LogP contribution is 2.10. The lowest BCUT2D eigenvalue weighted by Crippen LogP contribution is -1.84. The van der Waals surface area contributed by atoms with Crippen LogP contribution < -0.4 is 5.73 Å². The van der Waals surface area contributed by atoms with Crippen LogP contribution in [0.5, 0.6) is 0 Å². The minimum absolute atomic E-state index is 0. The summed E-state index contributed by atoms with van der Waals surface area (Å²) in [5.41, 5.74) is 7.33. The number of rotatable bonds is 0. The summed E-state index contributed by atoms with van der Waals surface area (Å²) in [4.78, 5) is 6.96. The molecule has 0 fully saturated rings. The van der Waals surface area contributed by atoms with Crippen LogP contribution >= 0.6 is 0 Å². The molecule has 0 unspecified atom stereocenters. The Labute approximate surface area is 62.6 Å². The van der Waals surface area contributed by atoms with Crippen molar-refractivity contribution in [3.05, 3.63) is 24.3 Å². The van der Waals surface area contributed by atoms with Gasteiger partial charge in [-0.1, -0.05) is 12.1 Å². The minimum atomic E-state index is 0. The molecule has 1 heterocycles. The predicted molar refractivity (Wildman–Crippen MR) is 43.0 cm³/mol. The zero-order valence-electron chi connectivity index (χ0n) is 5.74. The van der Waals surface area contributed by atoms with Crippen LogP contribution in [0.4, 0.5) is 10.7 Å². The van der Waals surface area contributed by atoms with Gasteiger partial charge in [-0.2, -0.15) is 0 Å². The first-order valence-electron chi connectivity index (χ1n) is 3.06. The van der Waals surface area contributed by atoms with E-state index in [9.17, 15) is 0 Å². The van der Waals surface area contributed by atoms with Crippen LogP contribution in [-0.4, -0.2) is 9.97 Å². The van der Waals surface area contributed by atoms with Crippen molar-refractivity contribution < 1.29 is 4.70 Å². The molecule has 58 valence electrons. The molecule has 0 amide bonds. The van der Waals surface area contributed by atoms with Gasteiger partial charge < -0.3 is 10.7 Å². The highest BCUT2D eigenvalue weighted by molar-refractivity contribution is 5.76. The molecule has 0 aliphatic rings. The summed E-state index contributed by atoms with van der Waals surface area (Å²) in [6, 6.07) is 7.74. The first-order chi connectivity index (χ1) is 4.86. The molecule has 0 saturated carbocycles. The minimum Gasteiger partial charge on any atom is -0.369 e. The van der Waals surface area contributed by atoms with Crippen molar-refractivity contribution in [3.63, 3.8) is 0 Å². The average molecular weight is 153 g/mol. The SMILES string of the molecule is F.Nc1nc2ccccc2[nH]1. The number of nitrogens with zero attached hydrogens (tertiary/aromatic N) is 1. The molecule has 1 aromatic carbocycles. The highest BCUT2D eigenvalue weighted by atomic mass is 19.0. The van der Waals surface area contributed by atoms with Crippen molar-refractivity contribution >= 4 is 17.0 Å². The zero-order chi connectivity index (χ0) is 6.97. The zero-order valence-corrected chi connectivity index (χ0v) is 5.74. The van der Waals surface area contributed by atoms with E-state index in [-0.39, 0.29) is 4.70 Å². The summed E-state index contributed by atoms with van der Waals surface area (Å²) in [7, 11) is 0. The van der Waals surface area contributed by atoms with Crippen LogP contribution in [0.2, 0.25) is 0 Å². The quantitative estimate of drug-likeness (QED) is 0.599. The molecule has 2 rings (SSSR count). The van der Waals surface area contributed by atoms with Crippen molar-refractivity contribution in [3.8, 4) is 0 Å². The fourth-order valence-electron chi connectivity index (χ4n) is 0.973. The Kier molecular flexibility index (Phi) is 1.76. The number of para-hydroxylation sites is 2. The molecular formula is C7H8FN3. The average Bonchev–Trinajstić information content (AvgIpc) is 2.27. The van der Waals surface area contributed by atoms with Gasteiger partial charge in [-0.3, -0.25) is 4.70 Å². The van der Waals surface area contributed by atoms with E-state index in [0.29, 0.717) is 5.95 Å². The number of nitrogens with one attached hydrogen (secondary N) is 1. The second-order valence-electron chi connectivity index (χ2n) is 2.14. The molecule has 0 atom stereocenters. The van der Waals surface area contributed by atoms with E-state index in [0.717, 1.165) is 11.0 Å². The van der Waals surface area contributed by atoms with E-state index >= 15 is 0 Å². The summed E-state index contributed by atoms with van der Waals surface area (Å²) >= 11 is 0. The van der Waals surface area contributed by atoms with Crippen LogP contribution in [-0.2, 0) is 0 Å². The first-order valence-corrected chi connectivity index (χ1v) is 3.06. The summed E-state index contributed by atoms with van der Waals surface area (Å²) in [5.74, 6) is 0.473. The predicted octanol–water partition coefficient (Wildman–Crippen LogP) is 1.30. The van der Waals surface area contributed by atoms with E-state index in [1.807, 2.05) is 24.3 Å². The van der Waals surface area contributed by atoms with Gasteiger partial charge >= 0.3 is 0 Å². The smallest absolute Gasteiger partial charge is 0.198 e. The van der Waals surface area contributed by atoms with Gasteiger partial charge in [0.05, 0.1) is 11.0 Å². The van der Waals surface area contributed by atoms with Gasteiger partial charge in [0.15, 0.2) is 5.95 Å². The molecule has 0 spiro atoms. The fourth-order valence-corrected chi connectivity index (χ4v) is 0.973. The maximum atomic E-state index is 5.42. The number of anilines is 1. The third-order valence-corrected chi connectivity index (χ3v) is 1.41. The lowest BCUT2D eigenvalue weighted by molar-refractivity contribution is 1.11. The Balaban J connectivity index is 0.000000605. The molecule has 0 bridgehead atoms. The number of hydrogen-bond donors (Lipinski definition) is 2. The molecule has 11 heavy (non-hydrogen) atoms.